The van der Waals surface area contributed by atoms with Gasteiger partial charge in [-0.1, -0.05) is 60.7 Å². The van der Waals surface area contributed by atoms with E-state index in [1.54, 1.807) is 60.7 Å². The Balaban J connectivity index is 0.000000576. The van der Waals surface area contributed by atoms with Gasteiger partial charge in [-0.15, -0.1) is 0 Å². The van der Waals surface area contributed by atoms with E-state index in [1.165, 1.54) is 0 Å². The van der Waals surface area contributed by atoms with E-state index in [0.29, 0.717) is 30.1 Å². The molecule has 206 valence electrons. The zero-order chi connectivity index (χ0) is 30.2. The Morgan fingerprint density at radius 1 is 0.590 bits per heavy atom. The van der Waals surface area contributed by atoms with Crippen molar-refractivity contribution in [2.45, 2.75) is 61.2 Å². The molecule has 0 amide bonds. The number of rotatable bonds is 8. The van der Waals surface area contributed by atoms with Crippen molar-refractivity contribution in [1.29, 1.82) is 0 Å². The Hall–Kier alpha value is -3.40. The first kappa shape index (κ1) is 35.6. The SMILES string of the molecule is C[C](C)(C)[Sn+4][C](C)(C)C.O=C([O-])/C=C(/Cc1ccccc1)C(=O)[O-].O=C([O-])/C=C(/Cc1ccccc1)C(=O)[O-]. The van der Waals surface area contributed by atoms with Gasteiger partial charge < -0.3 is 39.6 Å². The van der Waals surface area contributed by atoms with Crippen LogP contribution in [-0.2, 0) is 32.0 Å². The molecule has 2 aromatic rings. The molecule has 8 nitrogen and oxygen atoms in total. The summed E-state index contributed by atoms with van der Waals surface area (Å²) in [7, 11) is 0. The summed E-state index contributed by atoms with van der Waals surface area (Å²) in [4.78, 5) is 41.6. The maximum absolute atomic E-state index is 10.6. The van der Waals surface area contributed by atoms with Gasteiger partial charge in [0.15, 0.2) is 0 Å². The number of carboxylic acid groups (broad SMARTS) is 4. The maximum atomic E-state index is 10.6. The summed E-state index contributed by atoms with van der Waals surface area (Å²) >= 11 is -0.182. The summed E-state index contributed by atoms with van der Waals surface area (Å²) < 4.78 is 1.31. The molecule has 0 heterocycles. The van der Waals surface area contributed by atoms with E-state index in [2.05, 4.69) is 41.5 Å². The van der Waals surface area contributed by atoms with Crippen molar-refractivity contribution >= 4 is 45.0 Å². The second-order valence-corrected chi connectivity index (χ2v) is 19.8. The molecule has 0 aromatic heterocycles. The third-order valence-electron chi connectivity index (χ3n) is 4.33. The summed E-state index contributed by atoms with van der Waals surface area (Å²) in [5.41, 5.74) is 0.797. The zero-order valence-electron chi connectivity index (χ0n) is 23.1. The van der Waals surface area contributed by atoms with Crippen molar-refractivity contribution in [3.05, 3.63) is 95.1 Å². The van der Waals surface area contributed by atoms with Crippen LogP contribution in [0.15, 0.2) is 84.0 Å². The molecule has 0 unspecified atom stereocenters. The van der Waals surface area contributed by atoms with Gasteiger partial charge in [0, 0.05) is 0 Å². The number of carbonyl (C=O) groups excluding carboxylic acids is 4. The van der Waals surface area contributed by atoms with E-state index in [1.807, 2.05) is 0 Å². The molecule has 2 rings (SSSR count). The van der Waals surface area contributed by atoms with Crippen LogP contribution in [0.3, 0.4) is 0 Å². The fraction of sp³-hybridized carbons (Fsp3) is 0.333. The maximum Gasteiger partial charge on any atom is 0.0678 e. The van der Waals surface area contributed by atoms with Crippen LogP contribution in [0.1, 0.15) is 52.7 Å². The number of carbonyl (C=O) groups is 4. The van der Waals surface area contributed by atoms with E-state index in [0.717, 1.165) is 0 Å². The summed E-state index contributed by atoms with van der Waals surface area (Å²) in [6, 6.07) is 17.3. The monoisotopic (exact) mass is 642 g/mol. The molecule has 6 radical (unpaired) electrons. The Bertz CT molecular complexity index is 1050. The second-order valence-electron chi connectivity index (χ2n) is 10.5. The van der Waals surface area contributed by atoms with Crippen molar-refractivity contribution in [3.8, 4) is 0 Å². The van der Waals surface area contributed by atoms with Gasteiger partial charge in [-0.05, 0) is 47.3 Å². The number of aliphatic carboxylic acids is 4. The fourth-order valence-electron chi connectivity index (χ4n) is 3.41. The van der Waals surface area contributed by atoms with Gasteiger partial charge >= 0.3 is 69.5 Å². The number of benzene rings is 2. The first-order chi connectivity index (χ1) is 17.9. The minimum Gasteiger partial charge on any atom is -0.545 e. The van der Waals surface area contributed by atoms with Gasteiger partial charge in [0.2, 0.25) is 0 Å². The fourth-order valence-corrected chi connectivity index (χ4v) is 9.83. The average molecular weight is 641 g/mol. The number of carboxylic acids is 4. The topological polar surface area (TPSA) is 161 Å². The second kappa shape index (κ2) is 17.2. The number of hydrogen-bond donors (Lipinski definition) is 0. The summed E-state index contributed by atoms with van der Waals surface area (Å²) in [5.74, 6) is -6.07. The standard InChI is InChI=1S/2C11H10O4.2C4H9.Sn/c2*12-10(13)7-9(11(14)15)6-8-4-2-1-3-5-8;2*1-4(2)3;/h2*1-5,7H,6H2,(H,12,13)(H,14,15);2*1-3H3;/q;;;;+4/p-4/b2*9-7-;;;. The van der Waals surface area contributed by atoms with Crippen molar-refractivity contribution in [2.24, 2.45) is 0 Å². The predicted molar refractivity (Wildman–Crippen MR) is 142 cm³/mol. The van der Waals surface area contributed by atoms with E-state index in [9.17, 15) is 39.6 Å². The van der Waals surface area contributed by atoms with Gasteiger partial charge in [-0.25, -0.2) is 0 Å². The molecule has 0 bridgehead atoms. The first-order valence-corrected chi connectivity index (χ1v) is 14.9. The van der Waals surface area contributed by atoms with Crippen LogP contribution in [0.2, 0.25) is 6.86 Å². The van der Waals surface area contributed by atoms with Crippen LogP contribution in [0, 0.1) is 0 Å². The minimum atomic E-state index is -1.54. The molecule has 2 aromatic carbocycles. The first-order valence-electron chi connectivity index (χ1n) is 12.0. The Labute approximate surface area is 240 Å². The summed E-state index contributed by atoms with van der Waals surface area (Å²) in [6.45, 7) is 14.2. The Morgan fingerprint density at radius 2 is 0.872 bits per heavy atom. The minimum absolute atomic E-state index is 0.0111. The van der Waals surface area contributed by atoms with Gasteiger partial charge in [0.25, 0.3) is 0 Å². The molecule has 9 heteroatoms. The molecule has 0 aliphatic heterocycles. The predicted octanol–water partition coefficient (Wildman–Crippen LogP) is 0.438. The molecule has 0 spiro atoms. The van der Waals surface area contributed by atoms with Crippen molar-refractivity contribution < 1.29 is 39.6 Å². The normalized spacial score (nSPS) is 11.7. The summed E-state index contributed by atoms with van der Waals surface area (Å²) in [5, 5.41) is 41.6. The van der Waals surface area contributed by atoms with Gasteiger partial charge in [-0.2, -0.15) is 0 Å². The van der Waals surface area contributed by atoms with Gasteiger partial charge in [-0.3, -0.25) is 0 Å². The molecular weight excluding hydrogens is 607 g/mol. The quantitative estimate of drug-likeness (QED) is 0.297. The van der Waals surface area contributed by atoms with E-state index < -0.39 is 23.9 Å². The molecule has 0 atom stereocenters. The van der Waals surface area contributed by atoms with E-state index in [-0.39, 0.29) is 45.1 Å². The van der Waals surface area contributed by atoms with Gasteiger partial charge in [0.05, 0.1) is 23.9 Å². The molecular formula is C30H34O8Sn. The van der Waals surface area contributed by atoms with Crippen LogP contribution < -0.4 is 20.4 Å². The zero-order valence-corrected chi connectivity index (χ0v) is 26.0. The van der Waals surface area contributed by atoms with Crippen LogP contribution in [0.5, 0.6) is 0 Å². The molecule has 0 aliphatic rings. The smallest absolute Gasteiger partial charge is 0.0678 e. The average Bonchev–Trinajstić information content (AvgIpc) is 2.77. The van der Waals surface area contributed by atoms with Crippen LogP contribution >= 0.6 is 0 Å². The van der Waals surface area contributed by atoms with Crippen LogP contribution in [0.25, 0.3) is 0 Å². The number of hydrogen-bond acceptors (Lipinski definition) is 8. The summed E-state index contributed by atoms with van der Waals surface area (Å²) in [6.07, 6.45) is 1.11. The van der Waals surface area contributed by atoms with Crippen LogP contribution in [0.4, 0.5) is 0 Å². The third kappa shape index (κ3) is 20.3. The molecule has 0 fully saturated rings. The Kier molecular flexibility index (Phi) is 15.7. The molecule has 0 aliphatic carbocycles. The van der Waals surface area contributed by atoms with Crippen LogP contribution in [-0.4, -0.2) is 45.0 Å². The molecule has 0 saturated heterocycles. The van der Waals surface area contributed by atoms with Crippen molar-refractivity contribution in [3.63, 3.8) is 0 Å². The van der Waals surface area contributed by atoms with E-state index >= 15 is 0 Å². The largest absolute Gasteiger partial charge is 0.545 e. The molecule has 39 heavy (non-hydrogen) atoms. The Morgan fingerprint density at radius 3 is 1.05 bits per heavy atom. The van der Waals surface area contributed by atoms with E-state index in [4.69, 9.17) is 0 Å². The third-order valence-corrected chi connectivity index (χ3v) is 8.61. The molecule has 0 saturated carbocycles. The van der Waals surface area contributed by atoms with Crippen molar-refractivity contribution in [1.82, 2.24) is 0 Å². The van der Waals surface area contributed by atoms with Crippen molar-refractivity contribution in [2.75, 3.05) is 0 Å². The molecule has 0 N–H and O–H groups in total. The van der Waals surface area contributed by atoms with Gasteiger partial charge in [0.1, 0.15) is 0 Å².